The Balaban J connectivity index is 0.00000135. The third-order valence-corrected chi connectivity index (χ3v) is 8.78. The lowest BCUT2D eigenvalue weighted by atomic mass is 9.89. The summed E-state index contributed by atoms with van der Waals surface area (Å²) in [4.78, 5) is 0. The Morgan fingerprint density at radius 1 is 0.561 bits per heavy atom. The number of fused-ring (bicyclic) bond motifs is 10. The molecule has 7 aromatic rings. The molecule has 0 saturated heterocycles. The van der Waals surface area contributed by atoms with Crippen molar-refractivity contribution >= 4 is 65.4 Å². The number of allylic oxidation sites excluding steroid dienone is 4. The van der Waals surface area contributed by atoms with E-state index in [4.69, 9.17) is 0 Å². The van der Waals surface area contributed by atoms with E-state index in [2.05, 4.69) is 147 Å². The van der Waals surface area contributed by atoms with E-state index in [0.717, 1.165) is 12.8 Å². The van der Waals surface area contributed by atoms with Crippen LogP contribution in [0.25, 0.3) is 65.4 Å². The van der Waals surface area contributed by atoms with E-state index in [9.17, 15) is 0 Å². The van der Waals surface area contributed by atoms with Crippen molar-refractivity contribution < 1.29 is 0 Å². The van der Waals surface area contributed by atoms with E-state index < -0.39 is 0 Å². The minimum absolute atomic E-state index is 1.02. The molecule has 0 spiro atoms. The zero-order chi connectivity index (χ0) is 28.1. The molecule has 0 unspecified atom stereocenters. The highest BCUT2D eigenvalue weighted by atomic mass is 15.0. The first-order valence-electron chi connectivity index (χ1n) is 14.4. The number of hydrogen-bond acceptors (Lipinski definition) is 0. The first kappa shape index (κ1) is 25.1. The van der Waals surface area contributed by atoms with E-state index in [-0.39, 0.29) is 0 Å². The van der Waals surface area contributed by atoms with Gasteiger partial charge in [0.15, 0.2) is 0 Å². The van der Waals surface area contributed by atoms with Crippen LogP contribution in [0.15, 0.2) is 134 Å². The standard InChI is InChI=1S/C38H29N.C2H4/c1-24-11-3-5-13-28(24)34-23-27(21-19-25(34)2)39-35-22-20-26-12-4-6-14-29(26)36(35)37-32-17-9-7-15-30(32)31-16-8-10-18-33(31)38(37)39;1-2/h3-18,20,22-23H,19,21H2,1-2H3;1-2H2. The Labute approximate surface area is 241 Å². The van der Waals surface area contributed by atoms with Gasteiger partial charge in [0.2, 0.25) is 0 Å². The van der Waals surface area contributed by atoms with E-state index in [0.29, 0.717) is 0 Å². The molecule has 0 N–H and O–H groups in total. The molecular formula is C40H33N. The summed E-state index contributed by atoms with van der Waals surface area (Å²) >= 11 is 0. The van der Waals surface area contributed by atoms with Gasteiger partial charge in [0.05, 0.1) is 11.0 Å². The highest BCUT2D eigenvalue weighted by Gasteiger charge is 2.23. The van der Waals surface area contributed by atoms with Crippen LogP contribution in [0.4, 0.5) is 0 Å². The summed E-state index contributed by atoms with van der Waals surface area (Å²) in [7, 11) is 0. The maximum absolute atomic E-state index is 3.00. The molecule has 0 radical (unpaired) electrons. The molecule has 0 atom stereocenters. The predicted octanol–water partition coefficient (Wildman–Crippen LogP) is 11.5. The minimum atomic E-state index is 1.02. The highest BCUT2D eigenvalue weighted by Crippen LogP contribution is 2.46. The van der Waals surface area contributed by atoms with Crippen LogP contribution in [0.3, 0.4) is 0 Å². The third-order valence-electron chi connectivity index (χ3n) is 8.78. The summed E-state index contributed by atoms with van der Waals surface area (Å²) in [5.41, 5.74) is 9.49. The van der Waals surface area contributed by atoms with Gasteiger partial charge in [-0.25, -0.2) is 0 Å². The second-order valence-corrected chi connectivity index (χ2v) is 11.0. The molecule has 8 rings (SSSR count). The van der Waals surface area contributed by atoms with Crippen molar-refractivity contribution in [1.29, 1.82) is 0 Å². The van der Waals surface area contributed by atoms with Crippen LogP contribution in [-0.4, -0.2) is 4.57 Å². The fourth-order valence-corrected chi connectivity index (χ4v) is 6.91. The largest absolute Gasteiger partial charge is 0.312 e. The van der Waals surface area contributed by atoms with Gasteiger partial charge in [-0.15, -0.1) is 13.2 Å². The normalized spacial score (nSPS) is 13.7. The Morgan fingerprint density at radius 3 is 1.93 bits per heavy atom. The average Bonchev–Trinajstić information content (AvgIpc) is 3.39. The molecule has 0 bridgehead atoms. The topological polar surface area (TPSA) is 4.93 Å². The lowest BCUT2D eigenvalue weighted by molar-refractivity contribution is 0.933. The molecule has 1 heterocycles. The van der Waals surface area contributed by atoms with Gasteiger partial charge in [-0.2, -0.15) is 0 Å². The SMILES string of the molecule is C=C.CC1=C(c2ccccc2C)C=C(n2c3ccc4ccccc4c3c3c4ccccc4c4ccccc4c32)CC1. The second kappa shape index (κ2) is 9.94. The molecule has 41 heavy (non-hydrogen) atoms. The molecule has 1 aromatic heterocycles. The van der Waals surface area contributed by atoms with E-state index in [1.54, 1.807) is 0 Å². The number of rotatable bonds is 2. The van der Waals surface area contributed by atoms with E-state index in [1.165, 1.54) is 82.1 Å². The van der Waals surface area contributed by atoms with Crippen molar-refractivity contribution in [3.63, 3.8) is 0 Å². The second-order valence-electron chi connectivity index (χ2n) is 11.0. The van der Waals surface area contributed by atoms with Gasteiger partial charge in [0, 0.05) is 21.9 Å². The fourth-order valence-electron chi connectivity index (χ4n) is 6.91. The smallest absolute Gasteiger partial charge is 0.0622 e. The zero-order valence-corrected chi connectivity index (χ0v) is 23.7. The first-order chi connectivity index (χ1) is 20.2. The van der Waals surface area contributed by atoms with Crippen LogP contribution in [0.2, 0.25) is 0 Å². The quantitative estimate of drug-likeness (QED) is 0.156. The lowest BCUT2D eigenvalue weighted by Crippen LogP contribution is -2.04. The van der Waals surface area contributed by atoms with Crippen molar-refractivity contribution in [2.24, 2.45) is 0 Å². The lowest BCUT2D eigenvalue weighted by Gasteiger charge is -2.22. The average molecular weight is 528 g/mol. The van der Waals surface area contributed by atoms with Crippen LogP contribution < -0.4 is 0 Å². The Bertz CT molecular complexity index is 2200. The van der Waals surface area contributed by atoms with Crippen LogP contribution in [0, 0.1) is 6.92 Å². The maximum atomic E-state index is 3.00. The summed E-state index contributed by atoms with van der Waals surface area (Å²) in [6, 6.07) is 40.2. The molecule has 0 saturated carbocycles. The molecule has 1 heteroatoms. The summed E-state index contributed by atoms with van der Waals surface area (Å²) in [5, 5.41) is 10.6. The van der Waals surface area contributed by atoms with Crippen molar-refractivity contribution in [1.82, 2.24) is 4.57 Å². The zero-order valence-electron chi connectivity index (χ0n) is 23.7. The molecule has 0 fully saturated rings. The monoisotopic (exact) mass is 527 g/mol. The maximum Gasteiger partial charge on any atom is 0.0622 e. The van der Waals surface area contributed by atoms with E-state index >= 15 is 0 Å². The number of benzene rings is 6. The first-order valence-corrected chi connectivity index (χ1v) is 14.4. The summed E-state index contributed by atoms with van der Waals surface area (Å²) < 4.78 is 2.59. The molecule has 0 aliphatic heterocycles. The van der Waals surface area contributed by atoms with Gasteiger partial charge in [-0.1, -0.05) is 109 Å². The van der Waals surface area contributed by atoms with Crippen LogP contribution in [-0.2, 0) is 0 Å². The molecule has 1 nitrogen and oxygen atoms in total. The van der Waals surface area contributed by atoms with Gasteiger partial charge in [-0.05, 0) is 82.5 Å². The number of hydrogen-bond donors (Lipinski definition) is 0. The number of aromatic nitrogens is 1. The Morgan fingerprint density at radius 2 is 1.17 bits per heavy atom. The van der Waals surface area contributed by atoms with Gasteiger partial charge in [-0.3, -0.25) is 0 Å². The van der Waals surface area contributed by atoms with Crippen LogP contribution >= 0.6 is 0 Å². The summed E-state index contributed by atoms with van der Waals surface area (Å²) in [5.74, 6) is 0. The van der Waals surface area contributed by atoms with Gasteiger partial charge in [0.1, 0.15) is 0 Å². The van der Waals surface area contributed by atoms with Crippen molar-refractivity contribution in [2.75, 3.05) is 0 Å². The van der Waals surface area contributed by atoms with Gasteiger partial charge >= 0.3 is 0 Å². The van der Waals surface area contributed by atoms with Gasteiger partial charge in [0.25, 0.3) is 0 Å². The summed E-state index contributed by atoms with van der Waals surface area (Å²) in [6.07, 6.45) is 4.56. The van der Waals surface area contributed by atoms with E-state index in [1.807, 2.05) is 0 Å². The predicted molar refractivity (Wildman–Crippen MR) is 180 cm³/mol. The highest BCUT2D eigenvalue weighted by molar-refractivity contribution is 6.36. The number of nitrogens with zero attached hydrogens (tertiary/aromatic N) is 1. The molecular weight excluding hydrogens is 494 g/mol. The molecule has 0 amide bonds. The summed E-state index contributed by atoms with van der Waals surface area (Å²) in [6.45, 7) is 10.5. The third kappa shape index (κ3) is 3.77. The fraction of sp³-hybridized carbons (Fsp3) is 0.100. The molecule has 1 aliphatic rings. The Kier molecular flexibility index (Phi) is 6.09. The van der Waals surface area contributed by atoms with Crippen molar-refractivity contribution in [3.05, 3.63) is 145 Å². The Hall–Kier alpha value is -4.88. The van der Waals surface area contributed by atoms with Crippen LogP contribution in [0.5, 0.6) is 0 Å². The van der Waals surface area contributed by atoms with Crippen molar-refractivity contribution in [3.8, 4) is 0 Å². The molecule has 198 valence electrons. The number of aryl methyl sites for hydroxylation is 1. The van der Waals surface area contributed by atoms with Crippen molar-refractivity contribution in [2.45, 2.75) is 26.7 Å². The minimum Gasteiger partial charge on any atom is -0.312 e. The molecule has 1 aliphatic carbocycles. The van der Waals surface area contributed by atoms with Gasteiger partial charge < -0.3 is 4.57 Å². The molecule has 6 aromatic carbocycles. The van der Waals surface area contributed by atoms with Crippen LogP contribution in [0.1, 0.15) is 30.9 Å².